The Balaban J connectivity index is 2.56. The molecule has 0 bridgehead atoms. The minimum atomic E-state index is 0.319. The fourth-order valence-corrected chi connectivity index (χ4v) is 2.01. The van der Waals surface area contributed by atoms with Gasteiger partial charge >= 0.3 is 0 Å². The number of aromatic nitrogens is 3. The molecule has 0 aliphatic rings. The van der Waals surface area contributed by atoms with E-state index in [1.54, 1.807) is 12.4 Å². The molecule has 0 atom stereocenters. The van der Waals surface area contributed by atoms with Crippen LogP contribution in [0.4, 0.5) is 5.82 Å². The van der Waals surface area contributed by atoms with E-state index in [-0.39, 0.29) is 0 Å². The highest BCUT2D eigenvalue weighted by molar-refractivity contribution is 5.59. The molecule has 0 radical (unpaired) electrons. The van der Waals surface area contributed by atoms with Crippen molar-refractivity contribution in [3.63, 3.8) is 0 Å². The number of rotatable bonds is 3. The van der Waals surface area contributed by atoms with Gasteiger partial charge in [0.05, 0.1) is 0 Å². The van der Waals surface area contributed by atoms with Gasteiger partial charge in [0.25, 0.3) is 0 Å². The van der Waals surface area contributed by atoms with Crippen LogP contribution in [-0.4, -0.2) is 15.0 Å². The quantitative estimate of drug-likeness (QED) is 0.638. The van der Waals surface area contributed by atoms with Gasteiger partial charge in [0.1, 0.15) is 5.82 Å². The Morgan fingerprint density at radius 3 is 2.61 bits per heavy atom. The second kappa shape index (κ2) is 5.10. The summed E-state index contributed by atoms with van der Waals surface area (Å²) in [6, 6.07) is 3.79. The summed E-state index contributed by atoms with van der Waals surface area (Å²) in [6.45, 7) is 6.16. The SMILES string of the molecule is Cc1nc(-c2cccnc2)nc(NN)c1C(C)C. The molecular formula is C13H17N5. The molecule has 0 aliphatic carbocycles. The van der Waals surface area contributed by atoms with Crippen molar-refractivity contribution in [1.82, 2.24) is 15.0 Å². The fourth-order valence-electron chi connectivity index (χ4n) is 2.01. The second-order valence-corrected chi connectivity index (χ2v) is 4.44. The lowest BCUT2D eigenvalue weighted by molar-refractivity contribution is 0.831. The van der Waals surface area contributed by atoms with Gasteiger partial charge in [0.15, 0.2) is 5.82 Å². The normalized spacial score (nSPS) is 10.7. The molecule has 3 N–H and O–H groups in total. The number of nitrogen functional groups attached to an aromatic ring is 1. The lowest BCUT2D eigenvalue weighted by Crippen LogP contribution is -2.14. The van der Waals surface area contributed by atoms with E-state index in [1.807, 2.05) is 19.1 Å². The standard InChI is InChI=1S/C13H17N5/c1-8(2)11-9(3)16-12(17-13(11)18-14)10-5-4-6-15-7-10/h4-8H,14H2,1-3H3,(H,16,17,18). The summed E-state index contributed by atoms with van der Waals surface area (Å²) in [6.07, 6.45) is 3.46. The van der Waals surface area contributed by atoms with E-state index in [0.717, 1.165) is 16.8 Å². The first-order valence-corrected chi connectivity index (χ1v) is 5.89. The zero-order valence-electron chi connectivity index (χ0n) is 10.8. The van der Waals surface area contributed by atoms with Crippen molar-refractivity contribution in [2.75, 3.05) is 5.43 Å². The largest absolute Gasteiger partial charge is 0.308 e. The summed E-state index contributed by atoms with van der Waals surface area (Å²) < 4.78 is 0. The van der Waals surface area contributed by atoms with E-state index in [9.17, 15) is 0 Å². The lowest BCUT2D eigenvalue weighted by Gasteiger charge is -2.15. The molecule has 0 saturated carbocycles. The number of nitrogens with one attached hydrogen (secondary N) is 1. The second-order valence-electron chi connectivity index (χ2n) is 4.44. The van der Waals surface area contributed by atoms with Crippen LogP contribution in [0.1, 0.15) is 31.0 Å². The van der Waals surface area contributed by atoms with Crippen molar-refractivity contribution in [2.24, 2.45) is 5.84 Å². The van der Waals surface area contributed by atoms with E-state index >= 15 is 0 Å². The Bertz CT molecular complexity index is 537. The first kappa shape index (κ1) is 12.4. The summed E-state index contributed by atoms with van der Waals surface area (Å²) in [5.74, 6) is 7.18. The molecule has 0 amide bonds. The molecule has 2 heterocycles. The Morgan fingerprint density at radius 1 is 1.28 bits per heavy atom. The number of hydrogen-bond donors (Lipinski definition) is 2. The molecule has 0 aromatic carbocycles. The molecule has 0 unspecified atom stereocenters. The average Bonchev–Trinajstić information content (AvgIpc) is 2.38. The summed E-state index contributed by atoms with van der Waals surface area (Å²) in [5, 5.41) is 0. The Hall–Kier alpha value is -2.01. The first-order valence-electron chi connectivity index (χ1n) is 5.89. The minimum Gasteiger partial charge on any atom is -0.308 e. The molecule has 0 saturated heterocycles. The molecule has 0 fully saturated rings. The number of nitrogens with two attached hydrogens (primary N) is 1. The fraction of sp³-hybridized carbons (Fsp3) is 0.308. The summed E-state index contributed by atoms with van der Waals surface area (Å²) in [7, 11) is 0. The molecule has 0 aliphatic heterocycles. The number of hydrogen-bond acceptors (Lipinski definition) is 5. The summed E-state index contributed by atoms with van der Waals surface area (Å²) in [4.78, 5) is 13.1. The van der Waals surface area contributed by atoms with Crippen molar-refractivity contribution in [3.05, 3.63) is 35.8 Å². The monoisotopic (exact) mass is 243 g/mol. The van der Waals surface area contributed by atoms with E-state index in [2.05, 4.69) is 34.2 Å². The molecule has 2 aromatic rings. The predicted molar refractivity (Wildman–Crippen MR) is 71.9 cm³/mol. The van der Waals surface area contributed by atoms with Crippen LogP contribution in [0.3, 0.4) is 0 Å². The van der Waals surface area contributed by atoms with Crippen LogP contribution >= 0.6 is 0 Å². The molecule has 5 heteroatoms. The number of anilines is 1. The molecule has 0 spiro atoms. The Morgan fingerprint density at radius 2 is 2.06 bits per heavy atom. The number of nitrogens with zero attached hydrogens (tertiary/aromatic N) is 3. The van der Waals surface area contributed by atoms with Gasteiger partial charge in [-0.15, -0.1) is 0 Å². The van der Waals surface area contributed by atoms with Gasteiger partial charge in [-0.2, -0.15) is 0 Å². The number of hydrazine groups is 1. The highest BCUT2D eigenvalue weighted by Crippen LogP contribution is 2.27. The maximum atomic E-state index is 5.55. The number of pyridine rings is 1. The summed E-state index contributed by atoms with van der Waals surface area (Å²) >= 11 is 0. The Kier molecular flexibility index (Phi) is 3.53. The van der Waals surface area contributed by atoms with Gasteiger partial charge in [0, 0.05) is 29.2 Å². The molecule has 18 heavy (non-hydrogen) atoms. The maximum Gasteiger partial charge on any atom is 0.163 e. The highest BCUT2D eigenvalue weighted by atomic mass is 15.3. The third kappa shape index (κ3) is 2.31. The third-order valence-corrected chi connectivity index (χ3v) is 2.77. The third-order valence-electron chi connectivity index (χ3n) is 2.77. The van der Waals surface area contributed by atoms with Gasteiger partial charge in [0.2, 0.25) is 0 Å². The molecule has 94 valence electrons. The van der Waals surface area contributed by atoms with Crippen LogP contribution < -0.4 is 11.3 Å². The highest BCUT2D eigenvalue weighted by Gasteiger charge is 2.14. The minimum absolute atomic E-state index is 0.319. The van der Waals surface area contributed by atoms with Crippen LogP contribution in [0.2, 0.25) is 0 Å². The van der Waals surface area contributed by atoms with Gasteiger partial charge in [-0.25, -0.2) is 15.8 Å². The zero-order valence-corrected chi connectivity index (χ0v) is 10.8. The van der Waals surface area contributed by atoms with Crippen molar-refractivity contribution in [3.8, 4) is 11.4 Å². The topological polar surface area (TPSA) is 76.7 Å². The Labute approximate surface area is 106 Å². The van der Waals surface area contributed by atoms with Gasteiger partial charge in [-0.1, -0.05) is 13.8 Å². The van der Waals surface area contributed by atoms with Crippen LogP contribution in [0.15, 0.2) is 24.5 Å². The first-order chi connectivity index (χ1) is 8.63. The molecule has 5 nitrogen and oxygen atoms in total. The van der Waals surface area contributed by atoms with E-state index < -0.39 is 0 Å². The van der Waals surface area contributed by atoms with Crippen LogP contribution in [0.5, 0.6) is 0 Å². The number of aryl methyl sites for hydroxylation is 1. The van der Waals surface area contributed by atoms with Crippen LogP contribution in [0, 0.1) is 6.92 Å². The maximum absolute atomic E-state index is 5.55. The predicted octanol–water partition coefficient (Wildman–Crippen LogP) is 2.26. The average molecular weight is 243 g/mol. The van der Waals surface area contributed by atoms with Gasteiger partial charge in [-0.3, -0.25) is 4.98 Å². The molecule has 2 rings (SSSR count). The van der Waals surface area contributed by atoms with Crippen LogP contribution in [0.25, 0.3) is 11.4 Å². The van der Waals surface area contributed by atoms with Gasteiger partial charge < -0.3 is 5.43 Å². The van der Waals surface area contributed by atoms with Crippen molar-refractivity contribution >= 4 is 5.82 Å². The smallest absolute Gasteiger partial charge is 0.163 e. The van der Waals surface area contributed by atoms with E-state index in [4.69, 9.17) is 5.84 Å². The van der Waals surface area contributed by atoms with Crippen LogP contribution in [-0.2, 0) is 0 Å². The summed E-state index contributed by atoms with van der Waals surface area (Å²) in [5.41, 5.74) is 5.52. The molecule has 2 aromatic heterocycles. The van der Waals surface area contributed by atoms with Crippen molar-refractivity contribution in [1.29, 1.82) is 0 Å². The van der Waals surface area contributed by atoms with Gasteiger partial charge in [-0.05, 0) is 25.0 Å². The molecular weight excluding hydrogens is 226 g/mol. The lowest BCUT2D eigenvalue weighted by atomic mass is 10.0. The van der Waals surface area contributed by atoms with E-state index in [0.29, 0.717) is 17.6 Å². The van der Waals surface area contributed by atoms with E-state index in [1.165, 1.54) is 0 Å². The van der Waals surface area contributed by atoms with Crippen molar-refractivity contribution < 1.29 is 0 Å². The van der Waals surface area contributed by atoms with Crippen molar-refractivity contribution in [2.45, 2.75) is 26.7 Å². The zero-order chi connectivity index (χ0) is 13.1.